The molecule has 1 aliphatic rings. The Morgan fingerprint density at radius 2 is 1.67 bits per heavy atom. The fraction of sp³-hybridized carbons (Fsp3) is 0.615. The number of aromatic nitrogens is 2. The molecule has 0 atom stereocenters. The van der Waals surface area contributed by atoms with Gasteiger partial charge in [0.05, 0.1) is 0 Å². The van der Waals surface area contributed by atoms with Gasteiger partial charge in [-0.05, 0) is 6.07 Å². The zero-order chi connectivity index (χ0) is 13.2. The van der Waals surface area contributed by atoms with Gasteiger partial charge in [0.2, 0.25) is 5.95 Å². The number of piperazine rings is 1. The Balaban J connectivity index is 1.95. The van der Waals surface area contributed by atoms with Crippen molar-refractivity contribution in [1.29, 1.82) is 5.41 Å². The fourth-order valence-corrected chi connectivity index (χ4v) is 2.06. The molecule has 2 heterocycles. The van der Waals surface area contributed by atoms with Gasteiger partial charge in [-0.15, -0.1) is 0 Å². The maximum Gasteiger partial charge on any atom is 0.225 e. The van der Waals surface area contributed by atoms with E-state index in [1.165, 1.54) is 0 Å². The van der Waals surface area contributed by atoms with Crippen molar-refractivity contribution >= 4 is 11.8 Å². The molecule has 1 N–H and O–H groups in total. The highest BCUT2D eigenvalue weighted by Gasteiger charge is 2.26. The Labute approximate surface area is 108 Å². The van der Waals surface area contributed by atoms with Gasteiger partial charge in [0, 0.05) is 44.0 Å². The Morgan fingerprint density at radius 3 is 2.17 bits per heavy atom. The zero-order valence-corrected chi connectivity index (χ0v) is 11.3. The fourth-order valence-electron chi connectivity index (χ4n) is 2.06. The summed E-state index contributed by atoms with van der Waals surface area (Å²) in [7, 11) is 0. The third kappa shape index (κ3) is 2.78. The lowest BCUT2D eigenvalue weighted by Gasteiger charge is -2.39. The number of amidine groups is 1. The monoisotopic (exact) mass is 247 g/mol. The number of nitrogens with zero attached hydrogens (tertiary/aromatic N) is 4. The molecule has 98 valence electrons. The van der Waals surface area contributed by atoms with Crippen LogP contribution in [0.1, 0.15) is 20.8 Å². The van der Waals surface area contributed by atoms with E-state index in [4.69, 9.17) is 5.41 Å². The number of anilines is 1. The zero-order valence-electron chi connectivity index (χ0n) is 11.3. The minimum Gasteiger partial charge on any atom is -0.357 e. The molecule has 1 saturated heterocycles. The summed E-state index contributed by atoms with van der Waals surface area (Å²) in [5, 5.41) is 8.18. The Morgan fingerprint density at radius 1 is 1.11 bits per heavy atom. The van der Waals surface area contributed by atoms with Gasteiger partial charge in [0.15, 0.2) is 0 Å². The molecule has 1 aliphatic heterocycles. The molecular formula is C13H21N5. The van der Waals surface area contributed by atoms with Crippen LogP contribution < -0.4 is 4.90 Å². The van der Waals surface area contributed by atoms with Crippen molar-refractivity contribution in [2.24, 2.45) is 5.41 Å². The first-order valence-corrected chi connectivity index (χ1v) is 6.34. The molecule has 0 unspecified atom stereocenters. The molecule has 0 aliphatic carbocycles. The minimum absolute atomic E-state index is 0.0780. The van der Waals surface area contributed by atoms with Crippen LogP contribution >= 0.6 is 0 Å². The standard InChI is InChI=1S/C13H21N5/c1-13(2,3)11(14)17-7-9-18(10-8-17)12-15-5-4-6-16-12/h4-6,14H,7-10H2,1-3H3. The summed E-state index contributed by atoms with van der Waals surface area (Å²) >= 11 is 0. The van der Waals surface area contributed by atoms with Crippen LogP contribution in [0.2, 0.25) is 0 Å². The van der Waals surface area contributed by atoms with Crippen LogP contribution in [0, 0.1) is 10.8 Å². The lowest BCUT2D eigenvalue weighted by atomic mass is 9.93. The molecule has 1 aromatic rings. The lowest BCUT2D eigenvalue weighted by molar-refractivity contribution is 0.342. The number of hydrogen-bond acceptors (Lipinski definition) is 4. The molecule has 0 spiro atoms. The van der Waals surface area contributed by atoms with Gasteiger partial charge < -0.3 is 9.80 Å². The van der Waals surface area contributed by atoms with Gasteiger partial charge in [-0.1, -0.05) is 20.8 Å². The van der Waals surface area contributed by atoms with Crippen molar-refractivity contribution in [3.05, 3.63) is 18.5 Å². The van der Waals surface area contributed by atoms with Crippen molar-refractivity contribution in [1.82, 2.24) is 14.9 Å². The molecular weight excluding hydrogens is 226 g/mol. The third-order valence-corrected chi connectivity index (χ3v) is 3.14. The van der Waals surface area contributed by atoms with Gasteiger partial charge in [-0.2, -0.15) is 0 Å². The molecule has 0 bridgehead atoms. The molecule has 5 heteroatoms. The van der Waals surface area contributed by atoms with Crippen LogP contribution in [0.25, 0.3) is 0 Å². The second-order valence-electron chi connectivity index (χ2n) is 5.62. The van der Waals surface area contributed by atoms with E-state index in [9.17, 15) is 0 Å². The number of hydrogen-bond donors (Lipinski definition) is 1. The maximum absolute atomic E-state index is 8.18. The highest BCUT2D eigenvalue weighted by Crippen LogP contribution is 2.19. The Bertz CT molecular complexity index is 401. The summed E-state index contributed by atoms with van der Waals surface area (Å²) in [5.74, 6) is 1.51. The summed E-state index contributed by atoms with van der Waals surface area (Å²) in [6.07, 6.45) is 3.54. The highest BCUT2D eigenvalue weighted by molar-refractivity contribution is 5.84. The summed E-state index contributed by atoms with van der Waals surface area (Å²) in [6.45, 7) is 9.75. The Kier molecular flexibility index (Phi) is 3.50. The van der Waals surface area contributed by atoms with E-state index < -0.39 is 0 Å². The first-order valence-electron chi connectivity index (χ1n) is 6.34. The van der Waals surface area contributed by atoms with E-state index in [-0.39, 0.29) is 5.41 Å². The summed E-state index contributed by atoms with van der Waals surface area (Å²) in [4.78, 5) is 12.9. The average molecular weight is 247 g/mol. The summed E-state index contributed by atoms with van der Waals surface area (Å²) in [5.41, 5.74) is -0.0780. The predicted molar refractivity (Wildman–Crippen MR) is 73.0 cm³/mol. The van der Waals surface area contributed by atoms with Gasteiger partial charge in [-0.25, -0.2) is 9.97 Å². The van der Waals surface area contributed by atoms with Crippen molar-refractivity contribution in [3.63, 3.8) is 0 Å². The molecule has 1 fully saturated rings. The highest BCUT2D eigenvalue weighted by atomic mass is 15.3. The van der Waals surface area contributed by atoms with E-state index in [0.717, 1.165) is 38.0 Å². The van der Waals surface area contributed by atoms with E-state index in [1.807, 2.05) is 6.07 Å². The molecule has 2 rings (SSSR count). The van der Waals surface area contributed by atoms with Crippen molar-refractivity contribution in [2.75, 3.05) is 31.1 Å². The largest absolute Gasteiger partial charge is 0.357 e. The van der Waals surface area contributed by atoms with E-state index in [2.05, 4.69) is 40.5 Å². The summed E-state index contributed by atoms with van der Waals surface area (Å²) < 4.78 is 0. The van der Waals surface area contributed by atoms with E-state index >= 15 is 0 Å². The third-order valence-electron chi connectivity index (χ3n) is 3.14. The second-order valence-corrected chi connectivity index (χ2v) is 5.62. The first-order chi connectivity index (χ1) is 8.48. The molecule has 0 aromatic carbocycles. The number of nitrogens with one attached hydrogen (secondary N) is 1. The second kappa shape index (κ2) is 4.92. The lowest BCUT2D eigenvalue weighted by Crippen LogP contribution is -2.51. The molecule has 18 heavy (non-hydrogen) atoms. The van der Waals surface area contributed by atoms with Crippen LogP contribution in [0.4, 0.5) is 5.95 Å². The first kappa shape index (κ1) is 12.8. The maximum atomic E-state index is 8.18. The van der Waals surface area contributed by atoms with E-state index in [0.29, 0.717) is 0 Å². The SMILES string of the molecule is CC(C)(C)C(=N)N1CCN(c2ncccn2)CC1. The molecule has 1 aromatic heterocycles. The predicted octanol–water partition coefficient (Wildman–Crippen LogP) is 1.62. The summed E-state index contributed by atoms with van der Waals surface area (Å²) in [6, 6.07) is 1.83. The average Bonchev–Trinajstić information content (AvgIpc) is 2.38. The molecule has 5 nitrogen and oxygen atoms in total. The normalized spacial score (nSPS) is 16.8. The van der Waals surface area contributed by atoms with Gasteiger partial charge in [-0.3, -0.25) is 5.41 Å². The molecule has 0 amide bonds. The van der Waals surface area contributed by atoms with Crippen molar-refractivity contribution < 1.29 is 0 Å². The molecule has 0 saturated carbocycles. The van der Waals surface area contributed by atoms with Crippen LogP contribution in [0.3, 0.4) is 0 Å². The topological polar surface area (TPSA) is 56.1 Å². The van der Waals surface area contributed by atoms with Crippen molar-refractivity contribution in [2.45, 2.75) is 20.8 Å². The Hall–Kier alpha value is -1.65. The molecule has 0 radical (unpaired) electrons. The van der Waals surface area contributed by atoms with Crippen LogP contribution in [-0.2, 0) is 0 Å². The van der Waals surface area contributed by atoms with Crippen LogP contribution in [0.15, 0.2) is 18.5 Å². The van der Waals surface area contributed by atoms with Crippen LogP contribution in [-0.4, -0.2) is 46.9 Å². The van der Waals surface area contributed by atoms with Gasteiger partial charge in [0.1, 0.15) is 5.84 Å². The van der Waals surface area contributed by atoms with E-state index in [1.54, 1.807) is 12.4 Å². The smallest absolute Gasteiger partial charge is 0.225 e. The van der Waals surface area contributed by atoms with Crippen molar-refractivity contribution in [3.8, 4) is 0 Å². The van der Waals surface area contributed by atoms with Gasteiger partial charge in [0.25, 0.3) is 0 Å². The van der Waals surface area contributed by atoms with Crippen LogP contribution in [0.5, 0.6) is 0 Å². The number of rotatable bonds is 1. The minimum atomic E-state index is -0.0780. The van der Waals surface area contributed by atoms with Gasteiger partial charge >= 0.3 is 0 Å². The quantitative estimate of drug-likeness (QED) is 0.605.